The molecule has 1 unspecified atom stereocenters. The van der Waals surface area contributed by atoms with Crippen molar-refractivity contribution < 1.29 is 4.79 Å². The minimum absolute atomic E-state index is 0.0656. The molecule has 1 fully saturated rings. The molecule has 4 rings (SSSR count). The molecule has 0 N–H and O–H groups in total. The van der Waals surface area contributed by atoms with E-state index in [4.69, 9.17) is 23.2 Å². The third kappa shape index (κ3) is 3.73. The van der Waals surface area contributed by atoms with Crippen molar-refractivity contribution in [1.82, 2.24) is 9.80 Å². The van der Waals surface area contributed by atoms with Crippen LogP contribution in [0.1, 0.15) is 42.5 Å². The molecule has 0 radical (unpaired) electrons. The van der Waals surface area contributed by atoms with Crippen LogP contribution in [-0.2, 0) is 17.6 Å². The molecule has 2 aliphatic rings. The Balaban J connectivity index is 1.64. The van der Waals surface area contributed by atoms with Crippen LogP contribution >= 0.6 is 23.2 Å². The lowest BCUT2D eigenvalue weighted by molar-refractivity contribution is -0.141. The highest BCUT2D eigenvalue weighted by Crippen LogP contribution is 2.36. The molecule has 2 aromatic rings. The molecule has 142 valence electrons. The van der Waals surface area contributed by atoms with Crippen LogP contribution in [0.4, 0.5) is 0 Å². The monoisotopic (exact) mass is 402 g/mol. The molecule has 3 nitrogen and oxygen atoms in total. The smallest absolute Gasteiger partial charge is 0.228 e. The number of likely N-dealkylation sites (tertiary alicyclic amines) is 1. The standard InChI is InChI=1S/C22H24Cl2N2O/c1-15-18-7-3-2-6-17(18)14-21(25-10-4-5-11-25)26(15)22(27)13-16-8-9-19(23)20(24)12-16/h2-3,6-9,12,15,21H,4-5,10-11,13-14H2,1H3/t15-,21?/m0/s1. The Morgan fingerprint density at radius 1 is 1.07 bits per heavy atom. The normalized spacial score (nSPS) is 22.7. The molecule has 0 aliphatic carbocycles. The molecule has 0 saturated carbocycles. The van der Waals surface area contributed by atoms with Crippen LogP contribution < -0.4 is 0 Å². The number of benzene rings is 2. The molecule has 27 heavy (non-hydrogen) atoms. The first-order valence-corrected chi connectivity index (χ1v) is 10.4. The largest absolute Gasteiger partial charge is 0.320 e. The van der Waals surface area contributed by atoms with Gasteiger partial charge in [-0.1, -0.05) is 53.5 Å². The molecule has 0 spiro atoms. The fourth-order valence-corrected chi connectivity index (χ4v) is 4.79. The first kappa shape index (κ1) is 18.8. The maximum atomic E-state index is 13.4. The van der Waals surface area contributed by atoms with E-state index in [1.807, 2.05) is 6.07 Å². The number of carbonyl (C=O) groups excluding carboxylic acids is 1. The van der Waals surface area contributed by atoms with Gasteiger partial charge in [-0.05, 0) is 48.6 Å². The zero-order valence-corrected chi connectivity index (χ0v) is 17.0. The van der Waals surface area contributed by atoms with Gasteiger partial charge in [-0.15, -0.1) is 0 Å². The van der Waals surface area contributed by atoms with E-state index in [-0.39, 0.29) is 18.1 Å². The zero-order chi connectivity index (χ0) is 19.0. The van der Waals surface area contributed by atoms with E-state index >= 15 is 0 Å². The second-order valence-electron chi connectivity index (χ2n) is 7.53. The number of carbonyl (C=O) groups is 1. The third-order valence-electron chi connectivity index (χ3n) is 5.84. The molecule has 2 aromatic carbocycles. The Morgan fingerprint density at radius 2 is 1.81 bits per heavy atom. The number of halogens is 2. The second-order valence-corrected chi connectivity index (χ2v) is 8.34. The predicted octanol–water partition coefficient (Wildman–Crippen LogP) is 5.10. The average Bonchev–Trinajstić information content (AvgIpc) is 3.19. The highest BCUT2D eigenvalue weighted by Gasteiger charge is 2.38. The minimum Gasteiger partial charge on any atom is -0.320 e. The molecule has 2 heterocycles. The van der Waals surface area contributed by atoms with Crippen LogP contribution in [0.25, 0.3) is 0 Å². The van der Waals surface area contributed by atoms with Crippen molar-refractivity contribution in [1.29, 1.82) is 0 Å². The van der Waals surface area contributed by atoms with Crippen molar-refractivity contribution in [3.8, 4) is 0 Å². The lowest BCUT2D eigenvalue weighted by Crippen LogP contribution is -2.55. The van der Waals surface area contributed by atoms with Crippen molar-refractivity contribution in [2.75, 3.05) is 13.1 Å². The molecule has 5 heteroatoms. The number of hydrogen-bond acceptors (Lipinski definition) is 2. The predicted molar refractivity (Wildman–Crippen MR) is 110 cm³/mol. The van der Waals surface area contributed by atoms with E-state index in [1.165, 1.54) is 24.0 Å². The van der Waals surface area contributed by atoms with E-state index in [2.05, 4.69) is 41.0 Å². The molecule has 1 amide bonds. The topological polar surface area (TPSA) is 23.6 Å². The summed E-state index contributed by atoms with van der Waals surface area (Å²) in [6.07, 6.45) is 3.79. The highest BCUT2D eigenvalue weighted by atomic mass is 35.5. The average molecular weight is 403 g/mol. The minimum atomic E-state index is 0.0656. The molecule has 0 bridgehead atoms. The first-order chi connectivity index (χ1) is 13.0. The van der Waals surface area contributed by atoms with Crippen molar-refractivity contribution in [3.63, 3.8) is 0 Å². The number of amides is 1. The Bertz CT molecular complexity index is 848. The summed E-state index contributed by atoms with van der Waals surface area (Å²) in [7, 11) is 0. The van der Waals surface area contributed by atoms with Gasteiger partial charge in [-0.3, -0.25) is 9.69 Å². The summed E-state index contributed by atoms with van der Waals surface area (Å²) in [6, 6.07) is 14.0. The Morgan fingerprint density at radius 3 is 2.56 bits per heavy atom. The van der Waals surface area contributed by atoms with Gasteiger partial charge < -0.3 is 4.90 Å². The van der Waals surface area contributed by atoms with Crippen molar-refractivity contribution in [2.24, 2.45) is 0 Å². The van der Waals surface area contributed by atoms with E-state index in [9.17, 15) is 4.79 Å². The summed E-state index contributed by atoms with van der Waals surface area (Å²) in [5.41, 5.74) is 3.52. The number of fused-ring (bicyclic) bond motifs is 1. The molecular weight excluding hydrogens is 379 g/mol. The fourth-order valence-electron chi connectivity index (χ4n) is 4.47. The summed E-state index contributed by atoms with van der Waals surface area (Å²) in [4.78, 5) is 17.9. The molecule has 0 aromatic heterocycles. The maximum absolute atomic E-state index is 13.4. The SMILES string of the molecule is C[C@H]1c2ccccc2CC(N2CCCC2)N1C(=O)Cc1ccc(Cl)c(Cl)c1. The summed E-state index contributed by atoms with van der Waals surface area (Å²) in [5.74, 6) is 0.146. The quantitative estimate of drug-likeness (QED) is 0.712. The van der Waals surface area contributed by atoms with Gasteiger partial charge in [-0.2, -0.15) is 0 Å². The summed E-state index contributed by atoms with van der Waals surface area (Å²) >= 11 is 12.2. The second kappa shape index (κ2) is 7.83. The highest BCUT2D eigenvalue weighted by molar-refractivity contribution is 6.42. The molecule has 2 atom stereocenters. The number of rotatable bonds is 3. The fraction of sp³-hybridized carbons (Fsp3) is 0.409. The van der Waals surface area contributed by atoms with Crippen molar-refractivity contribution in [2.45, 2.75) is 44.8 Å². The lowest BCUT2D eigenvalue weighted by Gasteiger charge is -2.46. The van der Waals surface area contributed by atoms with Crippen LogP contribution in [0.15, 0.2) is 42.5 Å². The Labute approximate surface area is 170 Å². The molecular formula is C22H24Cl2N2O. The van der Waals surface area contributed by atoms with Gasteiger partial charge in [-0.25, -0.2) is 0 Å². The van der Waals surface area contributed by atoms with E-state index in [0.717, 1.165) is 25.1 Å². The first-order valence-electron chi connectivity index (χ1n) is 9.61. The van der Waals surface area contributed by atoms with E-state index in [0.29, 0.717) is 16.5 Å². The molecule has 1 saturated heterocycles. The van der Waals surface area contributed by atoms with Gasteiger partial charge in [0.25, 0.3) is 0 Å². The van der Waals surface area contributed by atoms with Crippen LogP contribution in [-0.4, -0.2) is 35.0 Å². The van der Waals surface area contributed by atoms with Crippen LogP contribution in [0.5, 0.6) is 0 Å². The van der Waals surface area contributed by atoms with Crippen LogP contribution in [0, 0.1) is 0 Å². The van der Waals surface area contributed by atoms with Crippen molar-refractivity contribution in [3.05, 3.63) is 69.2 Å². The summed E-state index contributed by atoms with van der Waals surface area (Å²) in [6.45, 7) is 4.28. The van der Waals surface area contributed by atoms with Crippen molar-refractivity contribution >= 4 is 29.1 Å². The molecule has 2 aliphatic heterocycles. The van der Waals surface area contributed by atoms with E-state index < -0.39 is 0 Å². The van der Waals surface area contributed by atoms with Gasteiger partial charge in [0.15, 0.2) is 0 Å². The summed E-state index contributed by atoms with van der Waals surface area (Å²) < 4.78 is 0. The number of hydrogen-bond donors (Lipinski definition) is 0. The zero-order valence-electron chi connectivity index (χ0n) is 15.5. The number of nitrogens with zero attached hydrogens (tertiary/aromatic N) is 2. The van der Waals surface area contributed by atoms with Gasteiger partial charge in [0, 0.05) is 19.5 Å². The Hall–Kier alpha value is -1.55. The lowest BCUT2D eigenvalue weighted by atomic mass is 9.90. The van der Waals surface area contributed by atoms with Crippen LogP contribution in [0.2, 0.25) is 10.0 Å². The van der Waals surface area contributed by atoms with Gasteiger partial charge >= 0.3 is 0 Å². The van der Waals surface area contributed by atoms with E-state index in [1.54, 1.807) is 12.1 Å². The summed E-state index contributed by atoms with van der Waals surface area (Å²) in [5, 5.41) is 1.01. The van der Waals surface area contributed by atoms with Crippen LogP contribution in [0.3, 0.4) is 0 Å². The Kier molecular flexibility index (Phi) is 5.45. The van der Waals surface area contributed by atoms with Gasteiger partial charge in [0.05, 0.1) is 28.7 Å². The van der Waals surface area contributed by atoms with Gasteiger partial charge in [0.1, 0.15) is 0 Å². The third-order valence-corrected chi connectivity index (χ3v) is 6.57. The van der Waals surface area contributed by atoms with Gasteiger partial charge in [0.2, 0.25) is 5.91 Å². The maximum Gasteiger partial charge on any atom is 0.228 e.